The van der Waals surface area contributed by atoms with Gasteiger partial charge in [-0.15, -0.1) is 0 Å². The largest absolute Gasteiger partial charge is 0.497 e. The number of hydrogen-bond acceptors (Lipinski definition) is 6. The summed E-state index contributed by atoms with van der Waals surface area (Å²) in [5, 5.41) is 8.08. The van der Waals surface area contributed by atoms with Crippen LogP contribution in [0.4, 0.5) is 0 Å². The topological polar surface area (TPSA) is 54.6 Å². The van der Waals surface area contributed by atoms with E-state index in [1.165, 1.54) is 37.1 Å². The Balaban J connectivity index is 1.31. The number of hydrogen-bond donors (Lipinski definition) is 0. The first-order valence-electron chi connectivity index (χ1n) is 11.0. The number of likely N-dealkylation sites (tertiary alicyclic amines) is 1. The van der Waals surface area contributed by atoms with Gasteiger partial charge in [-0.2, -0.15) is 0 Å². The summed E-state index contributed by atoms with van der Waals surface area (Å²) >= 11 is 0. The van der Waals surface area contributed by atoms with Gasteiger partial charge >= 0.3 is 0 Å². The van der Waals surface area contributed by atoms with Crippen LogP contribution in [0.3, 0.4) is 0 Å². The summed E-state index contributed by atoms with van der Waals surface area (Å²) in [5.74, 6) is 1.65. The Kier molecular flexibility index (Phi) is 6.97. The molecule has 0 bridgehead atoms. The van der Waals surface area contributed by atoms with Crippen molar-refractivity contribution in [2.75, 3.05) is 39.8 Å². The summed E-state index contributed by atoms with van der Waals surface area (Å²) in [5.41, 5.74) is 4.27. The van der Waals surface area contributed by atoms with Crippen LogP contribution in [0.1, 0.15) is 30.9 Å². The average molecular weight is 409 g/mol. The monoisotopic (exact) mass is 408 g/mol. The highest BCUT2D eigenvalue weighted by atomic mass is 16.6. The smallest absolute Gasteiger partial charge is 0.139 e. The van der Waals surface area contributed by atoms with Gasteiger partial charge in [0.25, 0.3) is 0 Å². The average Bonchev–Trinajstić information content (AvgIpc) is 3.27. The van der Waals surface area contributed by atoms with E-state index in [0.717, 1.165) is 49.4 Å². The van der Waals surface area contributed by atoms with Gasteiger partial charge in [0.05, 0.1) is 7.11 Å². The summed E-state index contributed by atoms with van der Waals surface area (Å²) in [6.07, 6.45) is 3.66. The summed E-state index contributed by atoms with van der Waals surface area (Å²) < 4.78 is 10.3. The van der Waals surface area contributed by atoms with Crippen LogP contribution in [0.2, 0.25) is 0 Å². The van der Waals surface area contributed by atoms with Crippen LogP contribution >= 0.6 is 0 Å². The Labute approximate surface area is 178 Å². The number of piperidine rings is 1. The quantitative estimate of drug-likeness (QED) is 0.533. The first-order chi connectivity index (χ1) is 14.7. The number of fused-ring (bicyclic) bond motifs is 1. The molecule has 2 heterocycles. The lowest BCUT2D eigenvalue weighted by atomic mass is 9.96. The van der Waals surface area contributed by atoms with Gasteiger partial charge in [-0.25, -0.2) is 4.63 Å². The van der Waals surface area contributed by atoms with Crippen molar-refractivity contribution in [3.63, 3.8) is 0 Å². The lowest BCUT2D eigenvalue weighted by Gasteiger charge is -2.35. The second-order valence-electron chi connectivity index (χ2n) is 8.29. The van der Waals surface area contributed by atoms with E-state index < -0.39 is 0 Å². The van der Waals surface area contributed by atoms with Crippen molar-refractivity contribution in [1.29, 1.82) is 0 Å². The van der Waals surface area contributed by atoms with E-state index in [2.05, 4.69) is 51.3 Å². The van der Waals surface area contributed by atoms with Crippen molar-refractivity contribution in [3.8, 4) is 5.75 Å². The second-order valence-corrected chi connectivity index (χ2v) is 8.29. The van der Waals surface area contributed by atoms with E-state index in [4.69, 9.17) is 9.37 Å². The van der Waals surface area contributed by atoms with Gasteiger partial charge in [-0.3, -0.25) is 4.90 Å². The Bertz CT molecular complexity index is 942. The van der Waals surface area contributed by atoms with Crippen molar-refractivity contribution < 1.29 is 9.37 Å². The molecule has 6 nitrogen and oxygen atoms in total. The molecule has 0 N–H and O–H groups in total. The third-order valence-corrected chi connectivity index (χ3v) is 6.18. The fourth-order valence-corrected chi connectivity index (χ4v) is 4.52. The molecule has 1 aliphatic heterocycles. The van der Waals surface area contributed by atoms with E-state index in [-0.39, 0.29) is 0 Å². The maximum Gasteiger partial charge on any atom is 0.139 e. The molecule has 3 aromatic rings. The van der Waals surface area contributed by atoms with E-state index >= 15 is 0 Å². The number of rotatable bonds is 9. The van der Waals surface area contributed by atoms with Crippen molar-refractivity contribution in [2.24, 2.45) is 5.92 Å². The fourth-order valence-electron chi connectivity index (χ4n) is 4.52. The van der Waals surface area contributed by atoms with Gasteiger partial charge in [0, 0.05) is 26.2 Å². The van der Waals surface area contributed by atoms with Gasteiger partial charge in [-0.1, -0.05) is 31.2 Å². The van der Waals surface area contributed by atoms with Crippen LogP contribution in [-0.2, 0) is 13.0 Å². The molecule has 1 atom stereocenters. The number of benzene rings is 2. The fraction of sp³-hybridized carbons (Fsp3) is 0.500. The minimum atomic E-state index is 0.707. The number of methoxy groups -OCH3 is 1. The molecule has 0 amide bonds. The molecule has 4 rings (SSSR count). The minimum Gasteiger partial charge on any atom is -0.497 e. The first-order valence-corrected chi connectivity index (χ1v) is 11.0. The highest BCUT2D eigenvalue weighted by Crippen LogP contribution is 2.22. The predicted octanol–water partition coefficient (Wildman–Crippen LogP) is 4.01. The molecule has 30 heavy (non-hydrogen) atoms. The highest BCUT2D eigenvalue weighted by molar-refractivity contribution is 5.76. The van der Waals surface area contributed by atoms with Crippen molar-refractivity contribution in [2.45, 2.75) is 32.7 Å². The molecular weight excluding hydrogens is 376 g/mol. The van der Waals surface area contributed by atoms with Crippen LogP contribution in [0, 0.1) is 5.92 Å². The molecule has 160 valence electrons. The van der Waals surface area contributed by atoms with Gasteiger partial charge < -0.3 is 9.64 Å². The molecule has 2 aromatic carbocycles. The molecule has 1 aliphatic rings. The molecule has 0 saturated carbocycles. The number of ether oxygens (including phenoxy) is 1. The highest BCUT2D eigenvalue weighted by Gasteiger charge is 2.22. The maximum atomic E-state index is 5.36. The molecule has 1 saturated heterocycles. The van der Waals surface area contributed by atoms with E-state index in [0.29, 0.717) is 5.92 Å². The molecule has 0 radical (unpaired) electrons. The summed E-state index contributed by atoms with van der Waals surface area (Å²) in [4.78, 5) is 5.16. The lowest BCUT2D eigenvalue weighted by Crippen LogP contribution is -2.41. The van der Waals surface area contributed by atoms with Crippen molar-refractivity contribution in [1.82, 2.24) is 20.1 Å². The van der Waals surface area contributed by atoms with Crippen LogP contribution in [0.5, 0.6) is 5.75 Å². The van der Waals surface area contributed by atoms with Crippen LogP contribution in [0.25, 0.3) is 11.0 Å². The maximum absolute atomic E-state index is 5.36. The lowest BCUT2D eigenvalue weighted by molar-refractivity contribution is 0.133. The molecule has 6 heteroatoms. The standard InChI is InChI=1S/C24H32N4O2/c1-3-27(18-21-9-5-11-23-24(21)26-30-25-23)16-20-8-6-13-28(17-20)14-12-19-7-4-10-22(15-19)29-2/h4-5,7,9-11,15,20H,3,6,8,12-14,16-18H2,1-2H3/t20-/m0/s1. The van der Waals surface area contributed by atoms with E-state index in [9.17, 15) is 0 Å². The van der Waals surface area contributed by atoms with Gasteiger partial charge in [-0.05, 0) is 77.9 Å². The van der Waals surface area contributed by atoms with Crippen molar-refractivity contribution in [3.05, 3.63) is 53.6 Å². The zero-order valence-electron chi connectivity index (χ0n) is 18.1. The Morgan fingerprint density at radius 3 is 2.97 bits per heavy atom. The SMILES string of the molecule is CCN(Cc1cccc2nonc12)C[C@@H]1CCCN(CCc2cccc(OC)c2)C1. The van der Waals surface area contributed by atoms with E-state index in [1.807, 2.05) is 18.2 Å². The molecule has 0 spiro atoms. The minimum absolute atomic E-state index is 0.707. The third kappa shape index (κ3) is 5.18. The molecule has 0 unspecified atom stereocenters. The van der Waals surface area contributed by atoms with Crippen molar-refractivity contribution >= 4 is 11.0 Å². The Hall–Kier alpha value is -2.44. The molecule has 0 aliphatic carbocycles. The zero-order valence-corrected chi connectivity index (χ0v) is 18.1. The van der Waals surface area contributed by atoms with E-state index in [1.54, 1.807) is 7.11 Å². The Morgan fingerprint density at radius 2 is 2.10 bits per heavy atom. The van der Waals surface area contributed by atoms with Gasteiger partial charge in [0.1, 0.15) is 16.8 Å². The first kappa shape index (κ1) is 20.8. The second kappa shape index (κ2) is 10.0. The van der Waals surface area contributed by atoms with Crippen LogP contribution in [-0.4, -0.2) is 59.9 Å². The third-order valence-electron chi connectivity index (χ3n) is 6.18. The molecular formula is C24H32N4O2. The van der Waals surface area contributed by atoms with Crippen LogP contribution in [0.15, 0.2) is 47.1 Å². The predicted molar refractivity (Wildman–Crippen MR) is 119 cm³/mol. The Morgan fingerprint density at radius 1 is 1.20 bits per heavy atom. The number of aromatic nitrogens is 2. The molecule has 1 fully saturated rings. The van der Waals surface area contributed by atoms with Crippen LogP contribution < -0.4 is 4.74 Å². The normalized spacial score (nSPS) is 17.6. The molecule has 1 aromatic heterocycles. The number of nitrogens with zero attached hydrogens (tertiary/aromatic N) is 4. The zero-order chi connectivity index (χ0) is 20.8. The summed E-state index contributed by atoms with van der Waals surface area (Å²) in [6.45, 7) is 8.77. The van der Waals surface area contributed by atoms with Gasteiger partial charge in [0.2, 0.25) is 0 Å². The van der Waals surface area contributed by atoms with Gasteiger partial charge in [0.15, 0.2) is 0 Å². The summed E-state index contributed by atoms with van der Waals surface area (Å²) in [6, 6.07) is 14.6. The summed E-state index contributed by atoms with van der Waals surface area (Å²) in [7, 11) is 1.73.